The quantitative estimate of drug-likeness (QED) is 0.731. The van der Waals surface area contributed by atoms with Crippen molar-refractivity contribution in [3.05, 3.63) is 30.1 Å². The molecule has 0 spiro atoms. The molecule has 3 heteroatoms. The molecule has 0 aliphatic carbocycles. The summed E-state index contributed by atoms with van der Waals surface area (Å²) in [4.78, 5) is 4.08. The van der Waals surface area contributed by atoms with E-state index in [1.165, 1.54) is 11.3 Å². The van der Waals surface area contributed by atoms with Crippen molar-refractivity contribution in [3.8, 4) is 0 Å². The third kappa shape index (κ3) is 5.25. The van der Waals surface area contributed by atoms with Crippen LogP contribution in [0.3, 0.4) is 0 Å². The Morgan fingerprint density at radius 3 is 3.00 bits per heavy atom. The highest BCUT2D eigenvalue weighted by Crippen LogP contribution is 2.07. The number of pyridine rings is 1. The van der Waals surface area contributed by atoms with Crippen molar-refractivity contribution in [1.82, 2.24) is 4.98 Å². The first-order chi connectivity index (χ1) is 6.79. The van der Waals surface area contributed by atoms with Gasteiger partial charge in [0.15, 0.2) is 0 Å². The lowest BCUT2D eigenvalue weighted by Gasteiger charge is -2.04. The highest BCUT2D eigenvalue weighted by molar-refractivity contribution is 7.99. The van der Waals surface area contributed by atoms with Crippen LogP contribution in [0.2, 0.25) is 0 Å². The number of hydrogen-bond donors (Lipinski definition) is 1. The van der Waals surface area contributed by atoms with Crippen LogP contribution >= 0.6 is 11.8 Å². The smallest absolute Gasteiger partial charge is 0.0300 e. The van der Waals surface area contributed by atoms with E-state index >= 15 is 0 Å². The van der Waals surface area contributed by atoms with E-state index in [0.29, 0.717) is 6.04 Å². The number of thioether (sulfide) groups is 1. The van der Waals surface area contributed by atoms with Crippen LogP contribution in [0.5, 0.6) is 0 Å². The van der Waals surface area contributed by atoms with E-state index in [1.807, 2.05) is 30.2 Å². The third-order valence-corrected chi connectivity index (χ3v) is 2.99. The molecule has 14 heavy (non-hydrogen) atoms. The number of aryl methyl sites for hydroxylation is 1. The summed E-state index contributed by atoms with van der Waals surface area (Å²) in [6.07, 6.45) is 5.97. The summed E-state index contributed by atoms with van der Waals surface area (Å²) in [6.45, 7) is 2.06. The predicted molar refractivity (Wildman–Crippen MR) is 63.5 cm³/mol. The molecule has 1 heterocycles. The molecule has 2 nitrogen and oxygen atoms in total. The van der Waals surface area contributed by atoms with Crippen molar-refractivity contribution >= 4 is 11.8 Å². The predicted octanol–water partition coefficient (Wildman–Crippen LogP) is 2.09. The molecule has 0 saturated heterocycles. The maximum absolute atomic E-state index is 5.66. The zero-order chi connectivity index (χ0) is 10.2. The molecule has 0 saturated carbocycles. The fraction of sp³-hybridized carbons (Fsp3) is 0.545. The molecule has 0 aliphatic rings. The van der Waals surface area contributed by atoms with E-state index in [1.54, 1.807) is 0 Å². The molecule has 1 aromatic rings. The minimum Gasteiger partial charge on any atom is -0.328 e. The molecule has 1 rings (SSSR count). The van der Waals surface area contributed by atoms with Gasteiger partial charge >= 0.3 is 0 Å². The van der Waals surface area contributed by atoms with Crippen LogP contribution in [-0.2, 0) is 6.42 Å². The van der Waals surface area contributed by atoms with E-state index in [9.17, 15) is 0 Å². The molecule has 1 aromatic heterocycles. The molecule has 0 radical (unpaired) electrons. The lowest BCUT2D eigenvalue weighted by atomic mass is 10.2. The first-order valence-corrected chi connectivity index (χ1v) is 6.16. The third-order valence-electron chi connectivity index (χ3n) is 1.98. The first kappa shape index (κ1) is 11.5. The van der Waals surface area contributed by atoms with Gasteiger partial charge in [-0.1, -0.05) is 6.07 Å². The molecular weight excluding hydrogens is 192 g/mol. The average molecular weight is 210 g/mol. The minimum absolute atomic E-state index is 0.334. The fourth-order valence-electron chi connectivity index (χ4n) is 1.11. The van der Waals surface area contributed by atoms with Crippen LogP contribution in [-0.4, -0.2) is 22.5 Å². The molecule has 0 aliphatic heterocycles. The van der Waals surface area contributed by atoms with Crippen LogP contribution in [0.25, 0.3) is 0 Å². The van der Waals surface area contributed by atoms with E-state index in [4.69, 9.17) is 5.73 Å². The van der Waals surface area contributed by atoms with Gasteiger partial charge in [0.25, 0.3) is 0 Å². The van der Waals surface area contributed by atoms with Crippen LogP contribution in [0.1, 0.15) is 18.9 Å². The van der Waals surface area contributed by atoms with E-state index < -0.39 is 0 Å². The second kappa shape index (κ2) is 6.85. The number of rotatable bonds is 6. The Bertz CT molecular complexity index is 236. The zero-order valence-electron chi connectivity index (χ0n) is 8.65. The lowest BCUT2D eigenvalue weighted by molar-refractivity contribution is 0.721. The van der Waals surface area contributed by atoms with Gasteiger partial charge in [-0.25, -0.2) is 0 Å². The number of aromatic nitrogens is 1. The van der Waals surface area contributed by atoms with Gasteiger partial charge in [0.1, 0.15) is 0 Å². The second-order valence-electron chi connectivity index (χ2n) is 3.49. The minimum atomic E-state index is 0.334. The fourth-order valence-corrected chi connectivity index (χ4v) is 2.23. The van der Waals surface area contributed by atoms with Gasteiger partial charge in [0.2, 0.25) is 0 Å². The molecule has 2 N–H and O–H groups in total. The van der Waals surface area contributed by atoms with E-state index in [-0.39, 0.29) is 0 Å². The summed E-state index contributed by atoms with van der Waals surface area (Å²) in [5, 5.41) is 0. The molecule has 1 atom stereocenters. The topological polar surface area (TPSA) is 38.9 Å². The summed E-state index contributed by atoms with van der Waals surface area (Å²) in [5.74, 6) is 2.33. The summed E-state index contributed by atoms with van der Waals surface area (Å²) >= 11 is 1.97. The van der Waals surface area contributed by atoms with Crippen molar-refractivity contribution < 1.29 is 0 Å². The van der Waals surface area contributed by atoms with Crippen LogP contribution < -0.4 is 5.73 Å². The van der Waals surface area contributed by atoms with Gasteiger partial charge in [-0.15, -0.1) is 0 Å². The summed E-state index contributed by atoms with van der Waals surface area (Å²) in [6, 6.07) is 4.45. The number of nitrogens with zero attached hydrogens (tertiary/aromatic N) is 1. The Kier molecular flexibility index (Phi) is 5.64. The molecule has 0 aromatic carbocycles. The molecule has 0 amide bonds. The van der Waals surface area contributed by atoms with E-state index in [2.05, 4.69) is 18.0 Å². The van der Waals surface area contributed by atoms with Gasteiger partial charge in [-0.05, 0) is 42.9 Å². The normalized spacial score (nSPS) is 12.7. The maximum atomic E-state index is 5.66. The van der Waals surface area contributed by atoms with Crippen LogP contribution in [0.15, 0.2) is 24.5 Å². The molecule has 0 fully saturated rings. The van der Waals surface area contributed by atoms with Crippen molar-refractivity contribution in [1.29, 1.82) is 0 Å². The van der Waals surface area contributed by atoms with Gasteiger partial charge in [0.05, 0.1) is 0 Å². The molecule has 1 unspecified atom stereocenters. The van der Waals surface area contributed by atoms with Crippen molar-refractivity contribution in [2.75, 3.05) is 11.5 Å². The summed E-state index contributed by atoms with van der Waals surface area (Å²) < 4.78 is 0. The van der Waals surface area contributed by atoms with Gasteiger partial charge in [0, 0.05) is 18.4 Å². The monoisotopic (exact) mass is 210 g/mol. The average Bonchev–Trinajstić information content (AvgIpc) is 2.18. The zero-order valence-corrected chi connectivity index (χ0v) is 9.46. The van der Waals surface area contributed by atoms with Crippen molar-refractivity contribution in [2.45, 2.75) is 25.8 Å². The van der Waals surface area contributed by atoms with Gasteiger partial charge in [-0.2, -0.15) is 11.8 Å². The Labute approximate surface area is 90.3 Å². The SMILES string of the molecule is CC(N)CCSCCc1cccnc1. The number of hydrogen-bond acceptors (Lipinski definition) is 3. The largest absolute Gasteiger partial charge is 0.328 e. The van der Waals surface area contributed by atoms with Crippen LogP contribution in [0.4, 0.5) is 0 Å². The van der Waals surface area contributed by atoms with Crippen LogP contribution in [0, 0.1) is 0 Å². The molecule has 78 valence electrons. The van der Waals surface area contributed by atoms with E-state index in [0.717, 1.165) is 18.6 Å². The standard InChI is InChI=1S/C11H18N2S/c1-10(12)4-7-14-8-5-11-3-2-6-13-9-11/h2-3,6,9-10H,4-5,7-8,12H2,1H3. The lowest BCUT2D eigenvalue weighted by Crippen LogP contribution is -2.15. The highest BCUT2D eigenvalue weighted by atomic mass is 32.2. The van der Waals surface area contributed by atoms with Crippen molar-refractivity contribution in [3.63, 3.8) is 0 Å². The first-order valence-electron chi connectivity index (χ1n) is 5.01. The molecular formula is C11H18N2S. The highest BCUT2D eigenvalue weighted by Gasteiger charge is 1.95. The second-order valence-corrected chi connectivity index (χ2v) is 4.71. The molecule has 0 bridgehead atoms. The summed E-state index contributed by atoms with van der Waals surface area (Å²) in [7, 11) is 0. The Morgan fingerprint density at radius 1 is 1.50 bits per heavy atom. The van der Waals surface area contributed by atoms with Crippen molar-refractivity contribution in [2.24, 2.45) is 5.73 Å². The Hall–Kier alpha value is -0.540. The Morgan fingerprint density at radius 2 is 2.36 bits per heavy atom. The van der Waals surface area contributed by atoms with Gasteiger partial charge in [-0.3, -0.25) is 4.98 Å². The summed E-state index contributed by atoms with van der Waals surface area (Å²) in [5.41, 5.74) is 6.98. The Balaban J connectivity index is 2.05. The number of nitrogens with two attached hydrogens (primary N) is 1. The maximum Gasteiger partial charge on any atom is 0.0300 e. The van der Waals surface area contributed by atoms with Gasteiger partial charge < -0.3 is 5.73 Å².